The minimum absolute atomic E-state index is 0.454. The van der Waals surface area contributed by atoms with Crippen LogP contribution in [0.2, 0.25) is 0 Å². The van der Waals surface area contributed by atoms with Crippen LogP contribution in [0.15, 0.2) is 78.6 Å². The van der Waals surface area contributed by atoms with Gasteiger partial charge in [-0.15, -0.1) is 0 Å². The van der Waals surface area contributed by atoms with Crippen molar-refractivity contribution >= 4 is 5.57 Å². The molecule has 0 saturated heterocycles. The first-order valence-electron chi connectivity index (χ1n) is 9.78. The molecule has 1 unspecified atom stereocenters. The highest BCUT2D eigenvalue weighted by molar-refractivity contribution is 5.86. The first-order chi connectivity index (χ1) is 13.2. The maximum Gasteiger partial charge on any atom is 0.130 e. The molecule has 0 spiro atoms. The summed E-state index contributed by atoms with van der Waals surface area (Å²) in [4.78, 5) is 0. The molecular formula is C25H29NO. The molecule has 2 heteroatoms. The van der Waals surface area contributed by atoms with Gasteiger partial charge in [0.05, 0.1) is 6.61 Å². The summed E-state index contributed by atoms with van der Waals surface area (Å²) in [5.41, 5.74) is 3.34. The molecule has 0 heterocycles. The monoisotopic (exact) mass is 359 g/mol. The Morgan fingerprint density at radius 2 is 1.56 bits per heavy atom. The molecule has 2 nitrogen and oxygen atoms in total. The molecule has 1 atom stereocenters. The van der Waals surface area contributed by atoms with Crippen molar-refractivity contribution in [3.8, 4) is 6.07 Å². The van der Waals surface area contributed by atoms with Crippen molar-refractivity contribution in [3.63, 3.8) is 0 Å². The SMILES string of the molecule is C=C(OCC(CC)CCCC)C(C#N)=C(c1ccccc1)c1ccccc1. The van der Waals surface area contributed by atoms with E-state index in [2.05, 4.69) is 26.5 Å². The van der Waals surface area contributed by atoms with Crippen LogP contribution in [-0.2, 0) is 4.74 Å². The van der Waals surface area contributed by atoms with E-state index in [1.807, 2.05) is 60.7 Å². The fourth-order valence-electron chi connectivity index (χ4n) is 3.11. The largest absolute Gasteiger partial charge is 0.493 e. The average molecular weight is 360 g/mol. The molecule has 0 aliphatic heterocycles. The van der Waals surface area contributed by atoms with E-state index in [-0.39, 0.29) is 0 Å². The van der Waals surface area contributed by atoms with E-state index < -0.39 is 0 Å². The average Bonchev–Trinajstić information content (AvgIpc) is 2.73. The highest BCUT2D eigenvalue weighted by atomic mass is 16.5. The molecule has 0 aromatic heterocycles. The lowest BCUT2D eigenvalue weighted by atomic mass is 9.92. The van der Waals surface area contributed by atoms with E-state index in [1.54, 1.807) is 0 Å². The van der Waals surface area contributed by atoms with Crippen molar-refractivity contribution in [1.82, 2.24) is 0 Å². The molecular weight excluding hydrogens is 330 g/mol. The van der Waals surface area contributed by atoms with Crippen LogP contribution in [0.5, 0.6) is 0 Å². The number of nitrogens with zero attached hydrogens (tertiary/aromatic N) is 1. The number of hydrogen-bond acceptors (Lipinski definition) is 2. The molecule has 0 amide bonds. The molecule has 140 valence electrons. The summed E-state index contributed by atoms with van der Waals surface area (Å²) in [6.45, 7) is 9.08. The standard InChI is InChI=1S/C25H29NO/c1-4-6-13-21(5-2)19-27-20(3)24(18-26)25(22-14-9-7-10-15-22)23-16-11-8-12-17-23/h7-12,14-17,21H,3-6,13,19H2,1-2H3. The van der Waals surface area contributed by atoms with Gasteiger partial charge in [-0.1, -0.05) is 100 Å². The first-order valence-corrected chi connectivity index (χ1v) is 9.78. The van der Waals surface area contributed by atoms with Gasteiger partial charge >= 0.3 is 0 Å². The smallest absolute Gasteiger partial charge is 0.130 e. The predicted octanol–water partition coefficient (Wildman–Crippen LogP) is 6.76. The van der Waals surface area contributed by atoms with Crippen LogP contribution in [0.1, 0.15) is 50.7 Å². The molecule has 0 aliphatic carbocycles. The maximum atomic E-state index is 9.90. The zero-order valence-electron chi connectivity index (χ0n) is 16.4. The Labute approximate surface area is 163 Å². The molecule has 2 rings (SSSR count). The van der Waals surface area contributed by atoms with Crippen molar-refractivity contribution in [2.75, 3.05) is 6.61 Å². The van der Waals surface area contributed by atoms with Crippen molar-refractivity contribution in [2.24, 2.45) is 5.92 Å². The minimum atomic E-state index is 0.454. The summed E-state index contributed by atoms with van der Waals surface area (Å²) in [6, 6.07) is 22.3. The van der Waals surface area contributed by atoms with Crippen molar-refractivity contribution in [3.05, 3.63) is 89.7 Å². The fourth-order valence-corrected chi connectivity index (χ4v) is 3.11. The third-order valence-corrected chi connectivity index (χ3v) is 4.80. The van der Waals surface area contributed by atoms with Crippen LogP contribution >= 0.6 is 0 Å². The highest BCUT2D eigenvalue weighted by Gasteiger charge is 2.16. The van der Waals surface area contributed by atoms with E-state index in [4.69, 9.17) is 4.74 Å². The zero-order chi connectivity index (χ0) is 19.5. The Balaban J connectivity index is 2.33. The Bertz CT molecular complexity index is 743. The van der Waals surface area contributed by atoms with E-state index >= 15 is 0 Å². The normalized spacial score (nSPS) is 11.3. The number of unbranched alkanes of at least 4 members (excludes halogenated alkanes) is 1. The lowest BCUT2D eigenvalue weighted by molar-refractivity contribution is 0.164. The van der Waals surface area contributed by atoms with Gasteiger partial charge in [0.15, 0.2) is 0 Å². The summed E-state index contributed by atoms with van der Waals surface area (Å²) in [6.07, 6.45) is 4.61. The van der Waals surface area contributed by atoms with Crippen LogP contribution in [0.4, 0.5) is 0 Å². The minimum Gasteiger partial charge on any atom is -0.493 e. The van der Waals surface area contributed by atoms with Crippen LogP contribution in [0.3, 0.4) is 0 Å². The predicted molar refractivity (Wildman–Crippen MR) is 113 cm³/mol. The van der Waals surface area contributed by atoms with Gasteiger partial charge in [0, 0.05) is 5.57 Å². The van der Waals surface area contributed by atoms with E-state index in [9.17, 15) is 5.26 Å². The summed E-state index contributed by atoms with van der Waals surface area (Å²) in [5.74, 6) is 0.952. The lowest BCUT2D eigenvalue weighted by Crippen LogP contribution is -2.10. The van der Waals surface area contributed by atoms with Crippen LogP contribution in [-0.4, -0.2) is 6.61 Å². The van der Waals surface area contributed by atoms with Gasteiger partial charge in [-0.2, -0.15) is 5.26 Å². The second kappa shape index (κ2) is 11.0. The van der Waals surface area contributed by atoms with Crippen LogP contribution in [0.25, 0.3) is 5.57 Å². The van der Waals surface area contributed by atoms with Gasteiger partial charge in [0.2, 0.25) is 0 Å². The molecule has 0 N–H and O–H groups in total. The number of benzene rings is 2. The van der Waals surface area contributed by atoms with Crippen molar-refractivity contribution in [2.45, 2.75) is 39.5 Å². The third kappa shape index (κ3) is 5.86. The number of ether oxygens (including phenoxy) is 1. The quantitative estimate of drug-likeness (QED) is 0.267. The van der Waals surface area contributed by atoms with E-state index in [0.717, 1.165) is 29.5 Å². The maximum absolute atomic E-state index is 9.90. The molecule has 0 bridgehead atoms. The van der Waals surface area contributed by atoms with Gasteiger partial charge in [-0.05, 0) is 23.5 Å². The van der Waals surface area contributed by atoms with Gasteiger partial charge in [-0.25, -0.2) is 0 Å². The molecule has 27 heavy (non-hydrogen) atoms. The lowest BCUT2D eigenvalue weighted by Gasteiger charge is -2.18. The van der Waals surface area contributed by atoms with Crippen molar-refractivity contribution in [1.29, 1.82) is 5.26 Å². The Morgan fingerprint density at radius 3 is 2.00 bits per heavy atom. The highest BCUT2D eigenvalue weighted by Crippen LogP contribution is 2.30. The first kappa shape index (κ1) is 20.5. The molecule has 2 aromatic rings. The summed E-state index contributed by atoms with van der Waals surface area (Å²) >= 11 is 0. The Kier molecular flexibility index (Phi) is 8.39. The second-order valence-corrected chi connectivity index (χ2v) is 6.74. The van der Waals surface area contributed by atoms with E-state index in [0.29, 0.717) is 23.9 Å². The Morgan fingerprint density at radius 1 is 1.00 bits per heavy atom. The molecule has 0 saturated carbocycles. The van der Waals surface area contributed by atoms with Gasteiger partial charge in [0.25, 0.3) is 0 Å². The molecule has 2 aromatic carbocycles. The van der Waals surface area contributed by atoms with Crippen molar-refractivity contribution < 1.29 is 4.74 Å². The van der Waals surface area contributed by atoms with Gasteiger partial charge in [0.1, 0.15) is 17.4 Å². The zero-order valence-corrected chi connectivity index (χ0v) is 16.4. The van der Waals surface area contributed by atoms with Crippen LogP contribution < -0.4 is 0 Å². The number of hydrogen-bond donors (Lipinski definition) is 0. The fraction of sp³-hybridized carbons (Fsp3) is 0.320. The van der Waals surface area contributed by atoms with E-state index in [1.165, 1.54) is 12.8 Å². The summed E-state index contributed by atoms with van der Waals surface area (Å²) in [7, 11) is 0. The summed E-state index contributed by atoms with van der Waals surface area (Å²) < 4.78 is 5.99. The molecule has 0 fully saturated rings. The van der Waals surface area contributed by atoms with Crippen LogP contribution in [0, 0.1) is 17.2 Å². The topological polar surface area (TPSA) is 33.0 Å². The Hall–Kier alpha value is -2.79. The number of allylic oxidation sites excluding steroid dienone is 1. The van der Waals surface area contributed by atoms with Gasteiger partial charge < -0.3 is 4.74 Å². The molecule has 0 aliphatic rings. The van der Waals surface area contributed by atoms with Gasteiger partial charge in [-0.3, -0.25) is 0 Å². The number of nitriles is 1. The third-order valence-electron chi connectivity index (χ3n) is 4.80. The number of rotatable bonds is 10. The summed E-state index contributed by atoms with van der Waals surface area (Å²) in [5, 5.41) is 9.90. The molecule has 0 radical (unpaired) electrons. The second-order valence-electron chi connectivity index (χ2n) is 6.74.